The molecule has 0 fully saturated rings. The second-order valence-electron chi connectivity index (χ2n) is 5.65. The van der Waals surface area contributed by atoms with Crippen LogP contribution in [0.3, 0.4) is 0 Å². The van der Waals surface area contributed by atoms with Crippen LogP contribution in [0.2, 0.25) is 0 Å². The summed E-state index contributed by atoms with van der Waals surface area (Å²) in [5.74, 6) is -3.20. The average Bonchev–Trinajstić information content (AvgIpc) is 2.88. The third-order valence-electron chi connectivity index (χ3n) is 3.95. The molecule has 0 unspecified atom stereocenters. The number of rotatable bonds is 3. The number of nitrogens with zero attached hydrogens (tertiary/aromatic N) is 1. The minimum absolute atomic E-state index is 0.0452. The molecule has 24 heavy (non-hydrogen) atoms. The summed E-state index contributed by atoms with van der Waals surface area (Å²) in [7, 11) is 0. The number of fused-ring (bicyclic) bond motifs is 1. The Morgan fingerprint density at radius 2 is 1.96 bits per heavy atom. The van der Waals surface area contributed by atoms with Crippen molar-refractivity contribution in [2.45, 2.75) is 19.4 Å². The normalized spacial score (nSPS) is 16.0. The Labute approximate surface area is 137 Å². The van der Waals surface area contributed by atoms with Crippen LogP contribution in [-0.2, 0) is 16.0 Å². The predicted molar refractivity (Wildman–Crippen MR) is 83.7 cm³/mol. The third-order valence-corrected chi connectivity index (χ3v) is 3.95. The lowest BCUT2D eigenvalue weighted by molar-refractivity contribution is -0.122. The molecule has 0 aromatic heterocycles. The first-order valence-corrected chi connectivity index (χ1v) is 7.49. The molecule has 1 aliphatic rings. The van der Waals surface area contributed by atoms with Gasteiger partial charge in [0, 0.05) is 17.8 Å². The van der Waals surface area contributed by atoms with E-state index in [4.69, 9.17) is 4.74 Å². The van der Waals surface area contributed by atoms with Crippen molar-refractivity contribution in [1.82, 2.24) is 0 Å². The van der Waals surface area contributed by atoms with Gasteiger partial charge in [-0.05, 0) is 37.1 Å². The van der Waals surface area contributed by atoms with Crippen molar-refractivity contribution in [2.75, 3.05) is 11.5 Å². The highest BCUT2D eigenvalue weighted by molar-refractivity contribution is 5.99. The van der Waals surface area contributed by atoms with E-state index in [1.165, 1.54) is 0 Å². The summed E-state index contributed by atoms with van der Waals surface area (Å²) in [5, 5.41) is 0. The van der Waals surface area contributed by atoms with E-state index in [-0.39, 0.29) is 11.9 Å². The van der Waals surface area contributed by atoms with E-state index < -0.39 is 29.8 Å². The molecule has 3 rings (SSSR count). The predicted octanol–water partition coefficient (Wildman–Crippen LogP) is 3.10. The molecule has 2 aromatic rings. The van der Waals surface area contributed by atoms with Crippen LogP contribution < -0.4 is 4.90 Å². The van der Waals surface area contributed by atoms with Crippen LogP contribution >= 0.6 is 0 Å². The van der Waals surface area contributed by atoms with Gasteiger partial charge in [-0.2, -0.15) is 0 Å². The van der Waals surface area contributed by atoms with Gasteiger partial charge in [-0.15, -0.1) is 0 Å². The number of halogens is 2. The van der Waals surface area contributed by atoms with Gasteiger partial charge >= 0.3 is 5.97 Å². The van der Waals surface area contributed by atoms with Crippen LogP contribution in [-0.4, -0.2) is 24.5 Å². The van der Waals surface area contributed by atoms with Crippen molar-refractivity contribution in [3.63, 3.8) is 0 Å². The second-order valence-corrected chi connectivity index (χ2v) is 5.65. The fraction of sp³-hybridized carbons (Fsp3) is 0.222. The number of para-hydroxylation sites is 1. The minimum Gasteiger partial charge on any atom is -0.452 e. The van der Waals surface area contributed by atoms with Gasteiger partial charge in [0.2, 0.25) is 0 Å². The van der Waals surface area contributed by atoms with E-state index in [1.54, 1.807) is 4.90 Å². The maximum atomic E-state index is 13.5. The van der Waals surface area contributed by atoms with E-state index in [2.05, 4.69) is 0 Å². The highest BCUT2D eigenvalue weighted by Gasteiger charge is 2.31. The monoisotopic (exact) mass is 331 g/mol. The summed E-state index contributed by atoms with van der Waals surface area (Å²) < 4.78 is 31.3. The van der Waals surface area contributed by atoms with Gasteiger partial charge in [-0.25, -0.2) is 13.6 Å². The molecular formula is C18H15F2NO3. The molecule has 0 radical (unpaired) electrons. The Morgan fingerprint density at radius 1 is 1.21 bits per heavy atom. The summed E-state index contributed by atoms with van der Waals surface area (Å²) in [6, 6.07) is 10.0. The lowest BCUT2D eigenvalue weighted by atomic mass is 10.1. The lowest BCUT2D eigenvalue weighted by Crippen LogP contribution is -2.38. The molecule has 0 saturated carbocycles. The van der Waals surface area contributed by atoms with Crippen molar-refractivity contribution in [2.24, 2.45) is 0 Å². The SMILES string of the molecule is C[C@@H]1Cc2ccccc2N1C(=O)COC(=O)c1ccc(F)cc1F. The van der Waals surface area contributed by atoms with Crippen molar-refractivity contribution in [1.29, 1.82) is 0 Å². The average molecular weight is 331 g/mol. The smallest absolute Gasteiger partial charge is 0.341 e. The molecule has 4 nitrogen and oxygen atoms in total. The highest BCUT2D eigenvalue weighted by atomic mass is 19.1. The molecule has 0 bridgehead atoms. The summed E-state index contributed by atoms with van der Waals surface area (Å²) in [4.78, 5) is 25.8. The summed E-state index contributed by atoms with van der Waals surface area (Å²) in [6.07, 6.45) is 0.725. The molecule has 1 heterocycles. The fourth-order valence-electron chi connectivity index (χ4n) is 2.88. The first-order valence-electron chi connectivity index (χ1n) is 7.49. The van der Waals surface area contributed by atoms with Gasteiger partial charge in [0.15, 0.2) is 6.61 Å². The van der Waals surface area contributed by atoms with Gasteiger partial charge < -0.3 is 9.64 Å². The summed E-state index contributed by atoms with van der Waals surface area (Å²) in [5.41, 5.74) is 1.44. The van der Waals surface area contributed by atoms with Gasteiger partial charge in [0.05, 0.1) is 5.56 Å². The highest BCUT2D eigenvalue weighted by Crippen LogP contribution is 2.31. The van der Waals surface area contributed by atoms with E-state index >= 15 is 0 Å². The molecule has 1 aliphatic heterocycles. The Balaban J connectivity index is 1.69. The molecule has 1 amide bonds. The van der Waals surface area contributed by atoms with E-state index in [0.29, 0.717) is 6.07 Å². The number of esters is 1. The fourth-order valence-corrected chi connectivity index (χ4v) is 2.88. The minimum atomic E-state index is -1.02. The Bertz CT molecular complexity index is 807. The van der Waals surface area contributed by atoms with Crippen LogP contribution in [0.25, 0.3) is 0 Å². The van der Waals surface area contributed by atoms with Crippen LogP contribution in [0, 0.1) is 11.6 Å². The standard InChI is InChI=1S/C18H15F2NO3/c1-11-8-12-4-2-3-5-16(12)21(11)17(22)10-24-18(23)14-7-6-13(19)9-15(14)20/h2-7,9,11H,8,10H2,1H3/t11-/m1/s1. The Morgan fingerprint density at radius 3 is 2.71 bits per heavy atom. The molecule has 6 heteroatoms. The summed E-state index contributed by atoms with van der Waals surface area (Å²) in [6.45, 7) is 1.40. The zero-order valence-electron chi connectivity index (χ0n) is 13.0. The number of carbonyl (C=O) groups excluding carboxylic acids is 2. The van der Waals surface area contributed by atoms with Crippen molar-refractivity contribution in [3.8, 4) is 0 Å². The van der Waals surface area contributed by atoms with Crippen molar-refractivity contribution >= 4 is 17.6 Å². The van der Waals surface area contributed by atoms with Crippen LogP contribution in [0.1, 0.15) is 22.8 Å². The molecule has 0 aliphatic carbocycles. The number of amides is 1. The van der Waals surface area contributed by atoms with E-state index in [9.17, 15) is 18.4 Å². The van der Waals surface area contributed by atoms with Gasteiger partial charge in [0.1, 0.15) is 11.6 Å². The molecule has 0 saturated heterocycles. The summed E-state index contributed by atoms with van der Waals surface area (Å²) >= 11 is 0. The zero-order chi connectivity index (χ0) is 17.3. The molecule has 0 N–H and O–H groups in total. The Hall–Kier alpha value is -2.76. The lowest BCUT2D eigenvalue weighted by Gasteiger charge is -2.22. The third kappa shape index (κ3) is 2.99. The largest absolute Gasteiger partial charge is 0.452 e. The maximum Gasteiger partial charge on any atom is 0.341 e. The van der Waals surface area contributed by atoms with Gasteiger partial charge in [-0.1, -0.05) is 18.2 Å². The number of anilines is 1. The number of ether oxygens (including phenoxy) is 1. The molecule has 1 atom stereocenters. The van der Waals surface area contributed by atoms with Crippen LogP contribution in [0.4, 0.5) is 14.5 Å². The molecule has 2 aromatic carbocycles. The first-order chi connectivity index (χ1) is 11.5. The number of carbonyl (C=O) groups is 2. The first kappa shape index (κ1) is 16.1. The molecular weight excluding hydrogens is 316 g/mol. The number of benzene rings is 2. The van der Waals surface area contributed by atoms with Crippen LogP contribution in [0.15, 0.2) is 42.5 Å². The topological polar surface area (TPSA) is 46.6 Å². The van der Waals surface area contributed by atoms with Crippen molar-refractivity contribution < 1.29 is 23.1 Å². The molecule has 0 spiro atoms. The molecule has 124 valence electrons. The van der Waals surface area contributed by atoms with E-state index in [0.717, 1.165) is 29.8 Å². The van der Waals surface area contributed by atoms with Crippen LogP contribution in [0.5, 0.6) is 0 Å². The maximum absolute atomic E-state index is 13.5. The van der Waals surface area contributed by atoms with E-state index in [1.807, 2.05) is 31.2 Å². The quantitative estimate of drug-likeness (QED) is 0.812. The zero-order valence-corrected chi connectivity index (χ0v) is 13.0. The Kier molecular flexibility index (Phi) is 4.29. The number of hydrogen-bond donors (Lipinski definition) is 0. The van der Waals surface area contributed by atoms with Crippen molar-refractivity contribution in [3.05, 3.63) is 65.2 Å². The number of hydrogen-bond acceptors (Lipinski definition) is 3. The van der Waals surface area contributed by atoms with Gasteiger partial charge in [0.25, 0.3) is 5.91 Å². The second kappa shape index (κ2) is 6.39. The van der Waals surface area contributed by atoms with Gasteiger partial charge in [-0.3, -0.25) is 4.79 Å².